The fourth-order valence-corrected chi connectivity index (χ4v) is 3.68. The van der Waals surface area contributed by atoms with Gasteiger partial charge in [0.1, 0.15) is 6.33 Å². The molecule has 2 aromatic carbocycles. The lowest BCUT2D eigenvalue weighted by molar-refractivity contribution is 0.600. The molecule has 24 heavy (non-hydrogen) atoms. The smallest absolute Gasteiger partial charge is 0.236 e. The quantitative estimate of drug-likeness (QED) is 0.773. The molecule has 0 aliphatic rings. The van der Waals surface area contributed by atoms with Crippen LogP contribution in [0.3, 0.4) is 0 Å². The van der Waals surface area contributed by atoms with Crippen LogP contribution in [0.4, 0.5) is 5.69 Å². The monoisotopic (exact) mass is 342 g/mol. The zero-order valence-electron chi connectivity index (χ0n) is 13.5. The van der Waals surface area contributed by atoms with Crippen molar-refractivity contribution in [2.45, 2.75) is 12.7 Å². The summed E-state index contributed by atoms with van der Waals surface area (Å²) in [6, 6.07) is 14.6. The molecule has 0 aliphatic carbocycles. The van der Waals surface area contributed by atoms with Gasteiger partial charge in [0.25, 0.3) is 0 Å². The highest BCUT2D eigenvalue weighted by atomic mass is 32.2. The summed E-state index contributed by atoms with van der Waals surface area (Å²) in [5, 5.41) is 7.88. The normalized spacial score (nSPS) is 11.4. The fourth-order valence-electron chi connectivity index (χ4n) is 2.50. The SMILES string of the molecule is Cc1cccc(CS(=O)(=O)Nc2cccc(-c3nncn3C)c2)c1. The Balaban J connectivity index is 1.81. The first-order valence-electron chi connectivity index (χ1n) is 7.43. The highest BCUT2D eigenvalue weighted by Gasteiger charge is 2.13. The van der Waals surface area contributed by atoms with E-state index in [2.05, 4.69) is 14.9 Å². The zero-order chi connectivity index (χ0) is 17.2. The van der Waals surface area contributed by atoms with Crippen LogP contribution < -0.4 is 4.72 Å². The van der Waals surface area contributed by atoms with Gasteiger partial charge in [0, 0.05) is 18.3 Å². The molecule has 3 rings (SSSR count). The van der Waals surface area contributed by atoms with E-state index in [0.29, 0.717) is 11.5 Å². The van der Waals surface area contributed by atoms with Gasteiger partial charge in [-0.05, 0) is 24.6 Å². The molecular weight excluding hydrogens is 324 g/mol. The molecule has 0 saturated heterocycles. The molecule has 0 saturated carbocycles. The first-order valence-corrected chi connectivity index (χ1v) is 9.09. The molecule has 1 N–H and O–H groups in total. The second-order valence-corrected chi connectivity index (χ2v) is 7.42. The van der Waals surface area contributed by atoms with Crippen molar-refractivity contribution in [3.63, 3.8) is 0 Å². The predicted octanol–water partition coefficient (Wildman–Crippen LogP) is 2.73. The van der Waals surface area contributed by atoms with Crippen LogP contribution in [0.25, 0.3) is 11.4 Å². The molecule has 7 heteroatoms. The summed E-state index contributed by atoms with van der Waals surface area (Å²) < 4.78 is 29.2. The van der Waals surface area contributed by atoms with Crippen molar-refractivity contribution in [1.29, 1.82) is 0 Å². The average molecular weight is 342 g/mol. The Kier molecular flexibility index (Phi) is 4.35. The van der Waals surface area contributed by atoms with Crippen molar-refractivity contribution >= 4 is 15.7 Å². The van der Waals surface area contributed by atoms with Gasteiger partial charge in [0.05, 0.1) is 5.75 Å². The third-order valence-corrected chi connectivity index (χ3v) is 4.80. The Morgan fingerprint density at radius 2 is 1.92 bits per heavy atom. The molecule has 0 aliphatic heterocycles. The summed E-state index contributed by atoms with van der Waals surface area (Å²) in [6.07, 6.45) is 1.60. The van der Waals surface area contributed by atoms with E-state index in [9.17, 15) is 8.42 Å². The van der Waals surface area contributed by atoms with E-state index in [1.165, 1.54) is 0 Å². The Morgan fingerprint density at radius 3 is 2.62 bits per heavy atom. The number of nitrogens with one attached hydrogen (secondary N) is 1. The lowest BCUT2D eigenvalue weighted by atomic mass is 10.2. The summed E-state index contributed by atoms with van der Waals surface area (Å²) in [7, 11) is -1.66. The van der Waals surface area contributed by atoms with Gasteiger partial charge in [-0.3, -0.25) is 4.72 Å². The number of hydrogen-bond donors (Lipinski definition) is 1. The van der Waals surface area contributed by atoms with Crippen LogP contribution in [0, 0.1) is 6.92 Å². The Hall–Kier alpha value is -2.67. The molecule has 1 heterocycles. The highest BCUT2D eigenvalue weighted by Crippen LogP contribution is 2.21. The van der Waals surface area contributed by atoms with Crippen molar-refractivity contribution in [2.24, 2.45) is 7.05 Å². The molecule has 3 aromatic rings. The van der Waals surface area contributed by atoms with Crippen LogP contribution in [-0.4, -0.2) is 23.2 Å². The molecule has 1 aromatic heterocycles. The topological polar surface area (TPSA) is 76.9 Å². The minimum atomic E-state index is -3.49. The summed E-state index contributed by atoms with van der Waals surface area (Å²) in [5.41, 5.74) is 3.09. The van der Waals surface area contributed by atoms with Gasteiger partial charge in [0.15, 0.2) is 5.82 Å². The molecule has 0 spiro atoms. The number of rotatable bonds is 5. The van der Waals surface area contributed by atoms with Crippen LogP contribution in [0.15, 0.2) is 54.9 Å². The predicted molar refractivity (Wildman–Crippen MR) is 93.9 cm³/mol. The Morgan fingerprint density at radius 1 is 1.12 bits per heavy atom. The minimum Gasteiger partial charge on any atom is -0.317 e. The van der Waals surface area contributed by atoms with E-state index in [4.69, 9.17) is 0 Å². The Labute approximate surface area is 141 Å². The maximum atomic E-state index is 12.4. The van der Waals surface area contributed by atoms with Crippen LogP contribution >= 0.6 is 0 Å². The Bertz CT molecular complexity index is 964. The van der Waals surface area contributed by atoms with Crippen molar-refractivity contribution < 1.29 is 8.42 Å². The third kappa shape index (κ3) is 3.80. The van der Waals surface area contributed by atoms with Gasteiger partial charge in [-0.25, -0.2) is 8.42 Å². The van der Waals surface area contributed by atoms with E-state index in [1.54, 1.807) is 29.1 Å². The number of nitrogens with zero attached hydrogens (tertiary/aromatic N) is 3. The summed E-state index contributed by atoms with van der Waals surface area (Å²) in [6.45, 7) is 1.94. The molecule has 0 amide bonds. The second kappa shape index (κ2) is 6.45. The number of aryl methyl sites for hydroxylation is 2. The van der Waals surface area contributed by atoms with Crippen molar-refractivity contribution in [1.82, 2.24) is 14.8 Å². The van der Waals surface area contributed by atoms with Gasteiger partial charge in [-0.2, -0.15) is 0 Å². The summed E-state index contributed by atoms with van der Waals surface area (Å²) in [4.78, 5) is 0. The highest BCUT2D eigenvalue weighted by molar-refractivity contribution is 7.91. The number of benzene rings is 2. The molecular formula is C17H18N4O2S. The minimum absolute atomic E-state index is 0.0666. The lowest BCUT2D eigenvalue weighted by Crippen LogP contribution is -2.15. The molecule has 0 fully saturated rings. The van der Waals surface area contributed by atoms with Crippen LogP contribution in [-0.2, 0) is 22.8 Å². The zero-order valence-corrected chi connectivity index (χ0v) is 14.3. The van der Waals surface area contributed by atoms with Gasteiger partial charge in [0.2, 0.25) is 10.0 Å². The largest absolute Gasteiger partial charge is 0.317 e. The summed E-state index contributed by atoms with van der Waals surface area (Å²) in [5.74, 6) is 0.609. The molecule has 0 atom stereocenters. The maximum absolute atomic E-state index is 12.4. The first kappa shape index (κ1) is 16.2. The average Bonchev–Trinajstić information content (AvgIpc) is 2.92. The van der Waals surface area contributed by atoms with E-state index in [-0.39, 0.29) is 5.75 Å². The maximum Gasteiger partial charge on any atom is 0.236 e. The van der Waals surface area contributed by atoms with Crippen molar-refractivity contribution in [3.05, 3.63) is 66.0 Å². The van der Waals surface area contributed by atoms with E-state index < -0.39 is 10.0 Å². The van der Waals surface area contributed by atoms with E-state index >= 15 is 0 Å². The van der Waals surface area contributed by atoms with Gasteiger partial charge >= 0.3 is 0 Å². The number of hydrogen-bond acceptors (Lipinski definition) is 4. The van der Waals surface area contributed by atoms with Gasteiger partial charge in [-0.15, -0.1) is 10.2 Å². The summed E-state index contributed by atoms with van der Waals surface area (Å²) >= 11 is 0. The number of aromatic nitrogens is 3. The van der Waals surface area contributed by atoms with Crippen molar-refractivity contribution in [3.8, 4) is 11.4 Å². The standard InChI is InChI=1S/C17H18N4O2S/c1-13-5-3-6-14(9-13)11-24(22,23)20-16-8-4-7-15(10-16)17-19-18-12-21(17)2/h3-10,12,20H,11H2,1-2H3. The third-order valence-electron chi connectivity index (χ3n) is 3.54. The van der Waals surface area contributed by atoms with Crippen molar-refractivity contribution in [2.75, 3.05) is 4.72 Å². The molecule has 0 bridgehead atoms. The number of sulfonamides is 1. The molecule has 0 radical (unpaired) electrons. The van der Waals surface area contributed by atoms with Gasteiger partial charge in [-0.1, -0.05) is 42.0 Å². The first-order chi connectivity index (χ1) is 11.4. The van der Waals surface area contributed by atoms with Crippen LogP contribution in [0.5, 0.6) is 0 Å². The lowest BCUT2D eigenvalue weighted by Gasteiger charge is -2.10. The number of anilines is 1. The second-order valence-electron chi connectivity index (χ2n) is 5.70. The van der Waals surface area contributed by atoms with E-state index in [1.807, 2.05) is 44.3 Å². The molecule has 6 nitrogen and oxygen atoms in total. The molecule has 124 valence electrons. The fraction of sp³-hybridized carbons (Fsp3) is 0.176. The van der Waals surface area contributed by atoms with E-state index in [0.717, 1.165) is 16.7 Å². The van der Waals surface area contributed by atoms with Crippen LogP contribution in [0.1, 0.15) is 11.1 Å². The van der Waals surface area contributed by atoms with Crippen LogP contribution in [0.2, 0.25) is 0 Å². The molecule has 0 unspecified atom stereocenters. The van der Waals surface area contributed by atoms with Gasteiger partial charge < -0.3 is 4.57 Å².